The Morgan fingerprint density at radius 3 is 2.56 bits per heavy atom. The molecule has 1 saturated heterocycles. The fourth-order valence-electron chi connectivity index (χ4n) is 4.14. The van der Waals surface area contributed by atoms with Gasteiger partial charge in [0.2, 0.25) is 5.91 Å². The van der Waals surface area contributed by atoms with E-state index in [1.807, 2.05) is 24.5 Å². The minimum absolute atomic E-state index is 0.240. The molecule has 1 aliphatic carbocycles. The normalized spacial score (nSPS) is 19.8. The van der Waals surface area contributed by atoms with Crippen molar-refractivity contribution in [2.24, 2.45) is 0 Å². The van der Waals surface area contributed by atoms with Crippen LogP contribution in [0.5, 0.6) is 0 Å². The van der Waals surface area contributed by atoms with Crippen LogP contribution < -0.4 is 0 Å². The van der Waals surface area contributed by atoms with Gasteiger partial charge in [-0.1, -0.05) is 37.3 Å². The fourth-order valence-corrected chi connectivity index (χ4v) is 4.14. The summed E-state index contributed by atoms with van der Waals surface area (Å²) in [6.45, 7) is 4.80. The first kappa shape index (κ1) is 16.3. The van der Waals surface area contributed by atoms with E-state index in [1.54, 1.807) is 0 Å². The molecule has 1 amide bonds. The molecule has 0 bridgehead atoms. The van der Waals surface area contributed by atoms with Crippen LogP contribution in [0.15, 0.2) is 36.7 Å². The molecule has 2 heterocycles. The Bertz CT molecular complexity index is 727. The summed E-state index contributed by atoms with van der Waals surface area (Å²) < 4.78 is 2.18. The highest BCUT2D eigenvalue weighted by atomic mass is 16.2. The molecule has 0 spiro atoms. The number of carbonyl (C=O) groups excluding carboxylic acids is 1. The van der Waals surface area contributed by atoms with Crippen molar-refractivity contribution in [3.63, 3.8) is 0 Å². The lowest BCUT2D eigenvalue weighted by Gasteiger charge is -2.34. The van der Waals surface area contributed by atoms with Gasteiger partial charge in [0.15, 0.2) is 0 Å². The highest BCUT2D eigenvalue weighted by molar-refractivity contribution is 5.91. The molecule has 0 atom stereocenters. The summed E-state index contributed by atoms with van der Waals surface area (Å²) in [6.07, 6.45) is 6.87. The summed E-state index contributed by atoms with van der Waals surface area (Å²) in [4.78, 5) is 15.2. The van der Waals surface area contributed by atoms with E-state index in [9.17, 15) is 4.79 Å². The minimum atomic E-state index is -0.240. The van der Waals surface area contributed by atoms with Crippen LogP contribution in [-0.2, 0) is 16.8 Å². The third-order valence-corrected chi connectivity index (χ3v) is 5.74. The van der Waals surface area contributed by atoms with Crippen molar-refractivity contribution in [3.05, 3.63) is 48.0 Å². The SMILES string of the molecule is CCCn1cnnc1C1CCN(C(=O)C2(c3ccccc3)CC2)CC1. The Morgan fingerprint density at radius 1 is 1.20 bits per heavy atom. The fraction of sp³-hybridized carbons (Fsp3) is 0.550. The van der Waals surface area contributed by atoms with Gasteiger partial charge in [-0.25, -0.2) is 0 Å². The lowest BCUT2D eigenvalue weighted by molar-refractivity contribution is -0.135. The predicted molar refractivity (Wildman–Crippen MR) is 96.2 cm³/mol. The minimum Gasteiger partial charge on any atom is -0.342 e. The van der Waals surface area contributed by atoms with Crippen LogP contribution in [0.2, 0.25) is 0 Å². The number of hydrogen-bond acceptors (Lipinski definition) is 3. The van der Waals surface area contributed by atoms with Gasteiger partial charge in [0.25, 0.3) is 0 Å². The van der Waals surface area contributed by atoms with Crippen molar-refractivity contribution in [2.45, 2.75) is 56.9 Å². The molecule has 1 aromatic carbocycles. The lowest BCUT2D eigenvalue weighted by Crippen LogP contribution is -2.44. The Hall–Kier alpha value is -2.17. The molecule has 5 heteroatoms. The number of piperidine rings is 1. The molecule has 2 aliphatic rings. The number of nitrogens with zero attached hydrogens (tertiary/aromatic N) is 4. The third kappa shape index (κ3) is 2.96. The average Bonchev–Trinajstić information content (AvgIpc) is 3.35. The monoisotopic (exact) mass is 338 g/mol. The summed E-state index contributed by atoms with van der Waals surface area (Å²) in [6, 6.07) is 10.3. The maximum atomic E-state index is 13.1. The van der Waals surface area contributed by atoms with Gasteiger partial charge in [-0.15, -0.1) is 10.2 Å². The number of carbonyl (C=O) groups is 1. The van der Waals surface area contributed by atoms with E-state index < -0.39 is 0 Å². The number of benzene rings is 1. The van der Waals surface area contributed by atoms with Crippen LogP contribution in [0.1, 0.15) is 56.3 Å². The first-order valence-electron chi connectivity index (χ1n) is 9.47. The highest BCUT2D eigenvalue weighted by Gasteiger charge is 2.53. The Labute approximate surface area is 149 Å². The molecule has 0 radical (unpaired) electrons. The quantitative estimate of drug-likeness (QED) is 0.841. The van der Waals surface area contributed by atoms with Crippen molar-refractivity contribution in [3.8, 4) is 0 Å². The number of amides is 1. The number of aromatic nitrogens is 3. The van der Waals surface area contributed by atoms with Gasteiger partial charge in [-0.2, -0.15) is 0 Å². The molecule has 0 N–H and O–H groups in total. The summed E-state index contributed by atoms with van der Waals surface area (Å²) in [5, 5.41) is 8.44. The smallest absolute Gasteiger partial charge is 0.233 e. The van der Waals surface area contributed by atoms with E-state index in [4.69, 9.17) is 0 Å². The van der Waals surface area contributed by atoms with Crippen molar-refractivity contribution in [2.75, 3.05) is 13.1 Å². The van der Waals surface area contributed by atoms with E-state index in [0.717, 1.165) is 57.6 Å². The lowest BCUT2D eigenvalue weighted by atomic mass is 9.91. The molecule has 2 fully saturated rings. The van der Waals surface area contributed by atoms with Gasteiger partial charge in [0.05, 0.1) is 5.41 Å². The topological polar surface area (TPSA) is 51.0 Å². The van der Waals surface area contributed by atoms with Crippen molar-refractivity contribution in [1.82, 2.24) is 19.7 Å². The summed E-state index contributed by atoms with van der Waals surface area (Å²) in [5.41, 5.74) is 0.945. The number of likely N-dealkylation sites (tertiary alicyclic amines) is 1. The largest absolute Gasteiger partial charge is 0.342 e. The van der Waals surface area contributed by atoms with Gasteiger partial charge < -0.3 is 9.47 Å². The van der Waals surface area contributed by atoms with Gasteiger partial charge in [0, 0.05) is 25.6 Å². The predicted octanol–water partition coefficient (Wildman–Crippen LogP) is 3.13. The maximum Gasteiger partial charge on any atom is 0.233 e. The Morgan fingerprint density at radius 2 is 1.92 bits per heavy atom. The summed E-state index contributed by atoms with van der Waals surface area (Å²) in [7, 11) is 0. The van der Waals surface area contributed by atoms with E-state index in [-0.39, 0.29) is 5.41 Å². The number of aryl methyl sites for hydroxylation is 1. The maximum absolute atomic E-state index is 13.1. The first-order valence-corrected chi connectivity index (χ1v) is 9.47. The summed E-state index contributed by atoms with van der Waals surface area (Å²) in [5.74, 6) is 1.84. The molecule has 2 aromatic rings. The van der Waals surface area contributed by atoms with Gasteiger partial charge >= 0.3 is 0 Å². The molecule has 1 aliphatic heterocycles. The van der Waals surface area contributed by atoms with E-state index in [0.29, 0.717) is 11.8 Å². The van der Waals surface area contributed by atoms with Crippen LogP contribution in [0, 0.1) is 0 Å². The number of hydrogen-bond donors (Lipinski definition) is 0. The molecule has 0 unspecified atom stereocenters. The van der Waals surface area contributed by atoms with Crippen molar-refractivity contribution < 1.29 is 4.79 Å². The average molecular weight is 338 g/mol. The Kier molecular flexibility index (Phi) is 4.32. The molecule has 4 rings (SSSR count). The third-order valence-electron chi connectivity index (χ3n) is 5.74. The first-order chi connectivity index (χ1) is 12.2. The van der Waals surface area contributed by atoms with Crippen LogP contribution in [-0.4, -0.2) is 38.7 Å². The molecule has 1 saturated carbocycles. The van der Waals surface area contributed by atoms with Crippen LogP contribution in [0.4, 0.5) is 0 Å². The zero-order valence-electron chi connectivity index (χ0n) is 14.9. The van der Waals surface area contributed by atoms with E-state index >= 15 is 0 Å². The van der Waals surface area contributed by atoms with E-state index in [1.165, 1.54) is 5.56 Å². The van der Waals surface area contributed by atoms with Crippen molar-refractivity contribution in [1.29, 1.82) is 0 Å². The zero-order valence-corrected chi connectivity index (χ0v) is 14.9. The van der Waals surface area contributed by atoms with Crippen LogP contribution >= 0.6 is 0 Å². The van der Waals surface area contributed by atoms with Gasteiger partial charge in [-0.05, 0) is 37.7 Å². The molecule has 25 heavy (non-hydrogen) atoms. The van der Waals surface area contributed by atoms with Gasteiger partial charge in [0.1, 0.15) is 12.2 Å². The standard InChI is InChI=1S/C20H26N4O/c1-2-12-24-15-21-22-18(24)16-8-13-23(14-9-16)19(25)20(10-11-20)17-6-4-3-5-7-17/h3-7,15-16H,2,8-14H2,1H3. The van der Waals surface area contributed by atoms with E-state index in [2.05, 4.69) is 38.7 Å². The second-order valence-electron chi connectivity index (χ2n) is 7.40. The van der Waals surface area contributed by atoms with Gasteiger partial charge in [-0.3, -0.25) is 4.79 Å². The molecule has 132 valence electrons. The molecular formula is C20H26N4O. The zero-order chi connectivity index (χ0) is 17.3. The Balaban J connectivity index is 1.42. The highest BCUT2D eigenvalue weighted by Crippen LogP contribution is 2.50. The second kappa shape index (κ2) is 6.62. The van der Waals surface area contributed by atoms with Crippen molar-refractivity contribution >= 4 is 5.91 Å². The second-order valence-corrected chi connectivity index (χ2v) is 7.40. The summed E-state index contributed by atoms with van der Waals surface area (Å²) >= 11 is 0. The number of rotatable bonds is 5. The molecule has 5 nitrogen and oxygen atoms in total. The molecular weight excluding hydrogens is 312 g/mol. The van der Waals surface area contributed by atoms with Crippen LogP contribution in [0.25, 0.3) is 0 Å². The van der Waals surface area contributed by atoms with Crippen LogP contribution in [0.3, 0.4) is 0 Å². The molecule has 1 aromatic heterocycles.